The summed E-state index contributed by atoms with van der Waals surface area (Å²) in [5.41, 5.74) is 0.234. The van der Waals surface area contributed by atoms with Gasteiger partial charge in [-0.3, -0.25) is 19.7 Å². The van der Waals surface area contributed by atoms with Crippen molar-refractivity contribution in [1.82, 2.24) is 0 Å². The highest BCUT2D eigenvalue weighted by Crippen LogP contribution is 2.32. The van der Waals surface area contributed by atoms with Gasteiger partial charge in [-0.1, -0.05) is 0 Å². The Morgan fingerprint density at radius 3 is 2.60 bits per heavy atom. The van der Waals surface area contributed by atoms with Crippen molar-refractivity contribution in [3.05, 3.63) is 31.4 Å². The number of carbonyl (C=O) groups excluding carboxylic acids is 2. The summed E-state index contributed by atoms with van der Waals surface area (Å²) in [7, 11) is 0. The van der Waals surface area contributed by atoms with Crippen molar-refractivity contribution in [2.45, 2.75) is 0 Å². The summed E-state index contributed by atoms with van der Waals surface area (Å²) in [5, 5.41) is 12.9. The normalized spacial score (nSPS) is 13.7. The van der Waals surface area contributed by atoms with E-state index < -0.39 is 16.6 Å². The fourth-order valence-corrected chi connectivity index (χ4v) is 2.04. The minimum absolute atomic E-state index is 0.0681. The number of benzene rings is 1. The van der Waals surface area contributed by atoms with Crippen LogP contribution in [0, 0.1) is 13.7 Å². The Morgan fingerprint density at radius 1 is 1.33 bits per heavy atom. The van der Waals surface area contributed by atoms with E-state index in [2.05, 4.69) is 5.32 Å². The number of hydrogen-bond acceptors (Lipinski definition) is 4. The zero-order chi connectivity index (χ0) is 11.2. The second kappa shape index (κ2) is 3.26. The van der Waals surface area contributed by atoms with Crippen LogP contribution in [-0.4, -0.2) is 16.6 Å². The lowest BCUT2D eigenvalue weighted by atomic mass is 10.1. The maximum absolute atomic E-state index is 11.3. The second-order valence-corrected chi connectivity index (χ2v) is 4.05. The van der Waals surface area contributed by atoms with Gasteiger partial charge in [0, 0.05) is 15.7 Å². The summed E-state index contributed by atoms with van der Waals surface area (Å²) < 4.78 is 0.482. The van der Waals surface area contributed by atoms with Crippen LogP contribution in [0.1, 0.15) is 10.4 Å². The highest BCUT2D eigenvalue weighted by Gasteiger charge is 2.31. The van der Waals surface area contributed by atoms with E-state index in [1.807, 2.05) is 22.6 Å². The smallest absolute Gasteiger partial charge is 0.296 e. The van der Waals surface area contributed by atoms with Gasteiger partial charge in [0.2, 0.25) is 0 Å². The lowest BCUT2D eigenvalue weighted by Gasteiger charge is -2.00. The van der Waals surface area contributed by atoms with Crippen LogP contribution in [0.15, 0.2) is 12.1 Å². The van der Waals surface area contributed by atoms with E-state index in [-0.39, 0.29) is 11.3 Å². The molecular weight excluding hydrogens is 315 g/mol. The number of carbonyl (C=O) groups is 2. The van der Waals surface area contributed by atoms with Gasteiger partial charge in [-0.05, 0) is 22.6 Å². The molecule has 7 heteroatoms. The molecule has 15 heavy (non-hydrogen) atoms. The molecule has 1 N–H and O–H groups in total. The van der Waals surface area contributed by atoms with E-state index in [0.717, 1.165) is 6.07 Å². The Hall–Kier alpha value is -1.51. The standard InChI is InChI=1S/C8H3IN2O4/c9-5-2-3(11(14)15)1-4-6(5)10-8(13)7(4)12/h1-2H,(H,10,12,13). The van der Waals surface area contributed by atoms with E-state index in [9.17, 15) is 19.7 Å². The Bertz CT molecular complexity index is 512. The Labute approximate surface area is 96.9 Å². The molecule has 0 aromatic heterocycles. The molecule has 6 nitrogen and oxygen atoms in total. The zero-order valence-corrected chi connectivity index (χ0v) is 9.27. The molecule has 0 saturated carbocycles. The number of halogens is 1. The number of rotatable bonds is 1. The van der Waals surface area contributed by atoms with Crippen LogP contribution in [0.5, 0.6) is 0 Å². The molecule has 0 atom stereocenters. The van der Waals surface area contributed by atoms with Crippen molar-refractivity contribution < 1.29 is 14.5 Å². The van der Waals surface area contributed by atoms with Crippen molar-refractivity contribution in [1.29, 1.82) is 0 Å². The number of amides is 1. The van der Waals surface area contributed by atoms with Gasteiger partial charge in [0.05, 0.1) is 16.2 Å². The van der Waals surface area contributed by atoms with Crippen molar-refractivity contribution in [3.63, 3.8) is 0 Å². The minimum Gasteiger partial charge on any atom is -0.317 e. The average Bonchev–Trinajstić information content (AvgIpc) is 2.45. The van der Waals surface area contributed by atoms with E-state index in [1.165, 1.54) is 6.07 Å². The first-order chi connectivity index (χ1) is 7.00. The molecule has 1 aliphatic rings. The summed E-state index contributed by atoms with van der Waals surface area (Å²) in [4.78, 5) is 32.2. The Kier molecular flexibility index (Phi) is 2.18. The summed E-state index contributed by atoms with van der Waals surface area (Å²) >= 11 is 1.83. The summed E-state index contributed by atoms with van der Waals surface area (Å²) in [6.07, 6.45) is 0. The van der Waals surface area contributed by atoms with Gasteiger partial charge in [-0.2, -0.15) is 0 Å². The number of hydrogen-bond donors (Lipinski definition) is 1. The highest BCUT2D eigenvalue weighted by atomic mass is 127. The summed E-state index contributed by atoms with van der Waals surface area (Å²) in [6, 6.07) is 2.41. The third-order valence-electron chi connectivity index (χ3n) is 1.98. The van der Waals surface area contributed by atoms with Crippen LogP contribution in [0.2, 0.25) is 0 Å². The van der Waals surface area contributed by atoms with Crippen molar-refractivity contribution in [2.24, 2.45) is 0 Å². The molecule has 0 radical (unpaired) electrons. The monoisotopic (exact) mass is 318 g/mol. The molecule has 2 rings (SSSR count). The fraction of sp³-hybridized carbons (Fsp3) is 0. The molecule has 0 spiro atoms. The van der Waals surface area contributed by atoms with Gasteiger partial charge >= 0.3 is 0 Å². The van der Waals surface area contributed by atoms with Crippen LogP contribution in [0.3, 0.4) is 0 Å². The number of nitro groups is 1. The number of anilines is 1. The Morgan fingerprint density at radius 2 is 2.00 bits per heavy atom. The molecule has 1 aromatic carbocycles. The molecular formula is C8H3IN2O4. The molecule has 0 aliphatic carbocycles. The molecule has 1 aromatic rings. The third kappa shape index (κ3) is 1.48. The lowest BCUT2D eigenvalue weighted by Crippen LogP contribution is -2.12. The zero-order valence-electron chi connectivity index (χ0n) is 7.11. The van der Waals surface area contributed by atoms with Gasteiger partial charge in [0.25, 0.3) is 17.4 Å². The van der Waals surface area contributed by atoms with Gasteiger partial charge in [-0.25, -0.2) is 0 Å². The van der Waals surface area contributed by atoms with Gasteiger partial charge in [0.1, 0.15) is 0 Å². The number of non-ortho nitro benzene ring substituents is 1. The van der Waals surface area contributed by atoms with E-state index in [1.54, 1.807) is 0 Å². The molecule has 76 valence electrons. The number of nitrogens with one attached hydrogen (secondary N) is 1. The molecule has 0 bridgehead atoms. The SMILES string of the molecule is O=C1Nc2c(I)cc([N+](=O)[O-])cc2C1=O. The van der Waals surface area contributed by atoms with Crippen LogP contribution < -0.4 is 5.32 Å². The number of ketones is 1. The van der Waals surface area contributed by atoms with Gasteiger partial charge in [-0.15, -0.1) is 0 Å². The minimum atomic E-state index is -0.747. The molecule has 1 amide bonds. The maximum Gasteiger partial charge on any atom is 0.296 e. The largest absolute Gasteiger partial charge is 0.317 e. The maximum atomic E-state index is 11.3. The average molecular weight is 318 g/mol. The predicted octanol–water partition coefficient (Wildman–Crippen LogP) is 1.33. The quantitative estimate of drug-likeness (QED) is 0.366. The first-order valence-electron chi connectivity index (χ1n) is 3.84. The fourth-order valence-electron chi connectivity index (χ4n) is 1.30. The topological polar surface area (TPSA) is 89.3 Å². The first-order valence-corrected chi connectivity index (χ1v) is 4.92. The second-order valence-electron chi connectivity index (χ2n) is 2.89. The molecule has 0 fully saturated rings. The van der Waals surface area contributed by atoms with Crippen molar-refractivity contribution >= 4 is 45.7 Å². The number of nitro benzene ring substituents is 1. The van der Waals surface area contributed by atoms with E-state index in [0.29, 0.717) is 9.26 Å². The molecule has 0 saturated heterocycles. The van der Waals surface area contributed by atoms with Crippen LogP contribution in [-0.2, 0) is 4.79 Å². The number of fused-ring (bicyclic) bond motifs is 1. The van der Waals surface area contributed by atoms with E-state index in [4.69, 9.17) is 0 Å². The van der Waals surface area contributed by atoms with Crippen LogP contribution >= 0.6 is 22.6 Å². The van der Waals surface area contributed by atoms with Crippen LogP contribution in [0.25, 0.3) is 0 Å². The van der Waals surface area contributed by atoms with Crippen molar-refractivity contribution in [3.8, 4) is 0 Å². The van der Waals surface area contributed by atoms with Crippen molar-refractivity contribution in [2.75, 3.05) is 5.32 Å². The number of Topliss-reactive ketones (excluding diaryl/α,β-unsaturated/α-hetero) is 1. The first kappa shape index (κ1) is 10.0. The van der Waals surface area contributed by atoms with Gasteiger partial charge in [0.15, 0.2) is 0 Å². The number of nitrogens with zero attached hydrogens (tertiary/aromatic N) is 1. The Balaban J connectivity index is 2.67. The van der Waals surface area contributed by atoms with E-state index >= 15 is 0 Å². The van der Waals surface area contributed by atoms with Gasteiger partial charge < -0.3 is 5.32 Å². The molecule has 1 aliphatic heterocycles. The molecule has 0 unspecified atom stereocenters. The summed E-state index contributed by atoms with van der Waals surface area (Å²) in [5.74, 6) is -1.48. The molecule has 1 heterocycles. The summed E-state index contributed by atoms with van der Waals surface area (Å²) in [6.45, 7) is 0. The van der Waals surface area contributed by atoms with Crippen LogP contribution in [0.4, 0.5) is 11.4 Å². The highest BCUT2D eigenvalue weighted by molar-refractivity contribution is 14.1. The third-order valence-corrected chi connectivity index (χ3v) is 2.83. The lowest BCUT2D eigenvalue weighted by molar-refractivity contribution is -0.384. The predicted molar refractivity (Wildman–Crippen MR) is 58.8 cm³/mol.